The topological polar surface area (TPSA) is 86.2 Å². The first kappa shape index (κ1) is 46.4. The Morgan fingerprint density at radius 1 is 0.425 bits per heavy atom. The van der Waals surface area contributed by atoms with Crippen LogP contribution in [0.15, 0.2) is 207 Å². The molecule has 5 nitrogen and oxygen atoms in total. The summed E-state index contributed by atoms with van der Waals surface area (Å²) in [5, 5.41) is 20.0. The summed E-state index contributed by atoms with van der Waals surface area (Å²) >= 11 is 0. The zero-order valence-corrected chi connectivity index (χ0v) is 41.7. The number of aromatic nitrogens is 3. The number of aryl methyl sites for hydroxylation is 6. The van der Waals surface area contributed by atoms with Crippen LogP contribution in [0.4, 0.5) is 0 Å². The summed E-state index contributed by atoms with van der Waals surface area (Å²) in [6.07, 6.45) is 9.04. The average Bonchev–Trinajstić information content (AvgIpc) is 3.44. The molecule has 3 heterocycles. The summed E-state index contributed by atoms with van der Waals surface area (Å²) in [5.74, 6) is -0.769. The molecule has 352 valence electrons. The maximum atomic E-state index is 10.2. The SMILES string of the molecule is [2H]C(C)(C)c1ccc(-c2ccc(-c3ccccc3-c3cc(CCc4ccc(-c5ccccn5)cc4)cc(CCc4ccc(-c5ccccn5)cc4)c3)c(-c3cc(C)c(-c4cc(C#N)ccc4C#N)c(C)c3)c2)nc1. The predicted octanol–water partition coefficient (Wildman–Crippen LogP) is 16.6. The molecule has 0 radical (unpaired) electrons. The number of hydrogen-bond acceptors (Lipinski definition) is 5. The van der Waals surface area contributed by atoms with Crippen molar-refractivity contribution in [1.82, 2.24) is 15.0 Å². The molecule has 0 fully saturated rings. The van der Waals surface area contributed by atoms with E-state index in [1.807, 2.05) is 87.0 Å². The second-order valence-electron chi connectivity index (χ2n) is 19.1. The molecule has 10 rings (SSSR count). The molecule has 10 aromatic rings. The molecular formula is C68H55N5. The molecule has 0 aliphatic rings. The van der Waals surface area contributed by atoms with E-state index in [0.717, 1.165) is 115 Å². The van der Waals surface area contributed by atoms with E-state index < -0.39 is 5.89 Å². The summed E-state index contributed by atoms with van der Waals surface area (Å²) in [6, 6.07) is 70.5. The van der Waals surface area contributed by atoms with Gasteiger partial charge >= 0.3 is 0 Å². The van der Waals surface area contributed by atoms with Crippen LogP contribution in [0.5, 0.6) is 0 Å². The van der Waals surface area contributed by atoms with Crippen LogP contribution >= 0.6 is 0 Å². The Balaban J connectivity index is 1.06. The third-order valence-electron chi connectivity index (χ3n) is 13.9. The highest BCUT2D eigenvalue weighted by atomic mass is 14.7. The fourth-order valence-electron chi connectivity index (χ4n) is 10.0. The van der Waals surface area contributed by atoms with Gasteiger partial charge in [-0.1, -0.05) is 147 Å². The second kappa shape index (κ2) is 21.5. The second-order valence-corrected chi connectivity index (χ2v) is 19.1. The van der Waals surface area contributed by atoms with E-state index in [0.29, 0.717) is 11.1 Å². The minimum absolute atomic E-state index is 0.513. The summed E-state index contributed by atoms with van der Waals surface area (Å²) in [7, 11) is 0. The van der Waals surface area contributed by atoms with E-state index in [1.165, 1.54) is 27.8 Å². The van der Waals surface area contributed by atoms with Crippen LogP contribution in [0.1, 0.15) is 71.2 Å². The lowest BCUT2D eigenvalue weighted by atomic mass is 9.84. The molecule has 73 heavy (non-hydrogen) atoms. The minimum Gasteiger partial charge on any atom is -0.256 e. The Labute approximate surface area is 431 Å². The van der Waals surface area contributed by atoms with Crippen LogP contribution < -0.4 is 0 Å². The van der Waals surface area contributed by atoms with Gasteiger partial charge in [-0.15, -0.1) is 0 Å². The zero-order chi connectivity index (χ0) is 51.2. The Morgan fingerprint density at radius 3 is 1.49 bits per heavy atom. The smallest absolute Gasteiger partial charge is 0.0998 e. The molecule has 5 heteroatoms. The van der Waals surface area contributed by atoms with Crippen molar-refractivity contribution in [3.63, 3.8) is 0 Å². The highest BCUT2D eigenvalue weighted by molar-refractivity contribution is 5.94. The Hall–Kier alpha value is -9.03. The van der Waals surface area contributed by atoms with Crippen molar-refractivity contribution in [2.45, 2.75) is 59.3 Å². The Morgan fingerprint density at radius 2 is 0.959 bits per heavy atom. The number of hydrogen-bond donors (Lipinski definition) is 0. The van der Waals surface area contributed by atoms with E-state index in [-0.39, 0.29) is 0 Å². The molecule has 0 bridgehead atoms. The summed E-state index contributed by atoms with van der Waals surface area (Å²) in [6.45, 7) is 7.93. The Kier molecular flexibility index (Phi) is 13.7. The largest absolute Gasteiger partial charge is 0.256 e. The summed E-state index contributed by atoms with van der Waals surface area (Å²) in [4.78, 5) is 14.0. The van der Waals surface area contributed by atoms with Gasteiger partial charge in [-0.05, 0) is 178 Å². The van der Waals surface area contributed by atoms with Crippen molar-refractivity contribution in [2.24, 2.45) is 0 Å². The highest BCUT2D eigenvalue weighted by Gasteiger charge is 2.19. The van der Waals surface area contributed by atoms with Crippen molar-refractivity contribution in [3.8, 4) is 90.4 Å². The normalized spacial score (nSPS) is 11.4. The van der Waals surface area contributed by atoms with Gasteiger partial charge in [0.2, 0.25) is 0 Å². The molecular weight excluding hydrogens is 887 g/mol. The van der Waals surface area contributed by atoms with Gasteiger partial charge in [0.1, 0.15) is 0 Å². The molecule has 0 aliphatic carbocycles. The molecule has 7 aromatic carbocycles. The standard InChI is InChI=1S/C68H55N5/c1-45(2)57-30-32-67(73-44-57)55-29-31-62(63(41-55)58-35-46(3)68(47(4)36-58)64-40-52(42-69)23-28-56(64)43-70)61-12-6-5-11-60(61)59-38-50(17-15-48-19-24-53(25-20-48)65-13-7-9-33-71-65)37-51(39-59)18-16-49-21-26-54(27-22-49)66-14-8-10-34-72-66/h5-14,19-41,44-45H,15-18H2,1-4H3/i45D. The van der Waals surface area contributed by atoms with Crippen LogP contribution in [0.2, 0.25) is 0 Å². The molecule has 0 amide bonds. The van der Waals surface area contributed by atoms with Crippen LogP contribution in [0.3, 0.4) is 0 Å². The number of nitriles is 2. The molecule has 0 unspecified atom stereocenters. The maximum Gasteiger partial charge on any atom is 0.0998 e. The van der Waals surface area contributed by atoms with Crippen LogP contribution in [-0.4, -0.2) is 15.0 Å². The number of pyridine rings is 3. The van der Waals surface area contributed by atoms with E-state index in [4.69, 9.17) is 6.35 Å². The van der Waals surface area contributed by atoms with Gasteiger partial charge in [0, 0.05) is 42.2 Å². The lowest BCUT2D eigenvalue weighted by Gasteiger charge is -2.20. The van der Waals surface area contributed by atoms with E-state index >= 15 is 0 Å². The molecule has 0 saturated heterocycles. The van der Waals surface area contributed by atoms with Crippen molar-refractivity contribution in [3.05, 3.63) is 257 Å². The molecule has 0 saturated carbocycles. The number of rotatable bonds is 14. The van der Waals surface area contributed by atoms with Gasteiger partial charge < -0.3 is 0 Å². The molecule has 0 spiro atoms. The first-order valence-corrected chi connectivity index (χ1v) is 24.9. The van der Waals surface area contributed by atoms with Crippen LogP contribution in [-0.2, 0) is 25.7 Å². The summed E-state index contributed by atoms with van der Waals surface area (Å²) in [5.41, 5.74) is 23.3. The number of nitrogens with zero attached hydrogens (tertiary/aromatic N) is 5. The zero-order valence-electron chi connectivity index (χ0n) is 42.7. The quantitative estimate of drug-likeness (QED) is 0.108. The van der Waals surface area contributed by atoms with Crippen molar-refractivity contribution < 1.29 is 1.37 Å². The van der Waals surface area contributed by atoms with Gasteiger partial charge in [0.15, 0.2) is 0 Å². The maximum absolute atomic E-state index is 10.2. The monoisotopic (exact) mass is 942 g/mol. The van der Waals surface area contributed by atoms with Crippen LogP contribution in [0, 0.1) is 36.5 Å². The lowest BCUT2D eigenvalue weighted by Crippen LogP contribution is -1.99. The van der Waals surface area contributed by atoms with E-state index in [2.05, 4.69) is 157 Å². The van der Waals surface area contributed by atoms with Crippen molar-refractivity contribution >= 4 is 0 Å². The predicted molar refractivity (Wildman–Crippen MR) is 299 cm³/mol. The van der Waals surface area contributed by atoms with Gasteiger partial charge in [-0.2, -0.15) is 10.5 Å². The Bertz CT molecular complexity index is 3580. The molecule has 0 N–H and O–H groups in total. The third kappa shape index (κ3) is 10.7. The first-order valence-electron chi connectivity index (χ1n) is 25.4. The van der Waals surface area contributed by atoms with E-state index in [1.54, 1.807) is 12.1 Å². The first-order chi connectivity index (χ1) is 36.0. The number of benzene rings is 7. The minimum atomic E-state index is -0.769. The van der Waals surface area contributed by atoms with Gasteiger partial charge in [0.05, 0.1) is 40.3 Å². The van der Waals surface area contributed by atoms with Gasteiger partial charge in [-0.3, -0.25) is 15.0 Å². The highest BCUT2D eigenvalue weighted by Crippen LogP contribution is 2.43. The molecule has 3 aromatic heterocycles. The van der Waals surface area contributed by atoms with Gasteiger partial charge in [0.25, 0.3) is 0 Å². The summed E-state index contributed by atoms with van der Waals surface area (Å²) < 4.78 is 8.62. The third-order valence-corrected chi connectivity index (χ3v) is 13.9. The lowest BCUT2D eigenvalue weighted by molar-refractivity contribution is 0.859. The van der Waals surface area contributed by atoms with Crippen molar-refractivity contribution in [2.75, 3.05) is 0 Å². The van der Waals surface area contributed by atoms with Gasteiger partial charge in [-0.25, -0.2) is 0 Å². The molecule has 0 aliphatic heterocycles. The van der Waals surface area contributed by atoms with E-state index in [9.17, 15) is 10.5 Å². The van der Waals surface area contributed by atoms with Crippen LogP contribution in [0.25, 0.3) is 78.3 Å². The average molecular weight is 943 g/mol. The fraction of sp³-hybridized carbons (Fsp3) is 0.132. The molecule has 0 atom stereocenters. The van der Waals surface area contributed by atoms with Crippen molar-refractivity contribution in [1.29, 1.82) is 10.5 Å². The fourth-order valence-corrected chi connectivity index (χ4v) is 10.0.